The zero-order chi connectivity index (χ0) is 23.8. The number of carbonyl (C=O) groups is 2. The molecule has 33 heavy (non-hydrogen) atoms. The summed E-state index contributed by atoms with van der Waals surface area (Å²) in [7, 11) is -3.60. The number of amidine groups is 2. The fourth-order valence-corrected chi connectivity index (χ4v) is 5.13. The van der Waals surface area contributed by atoms with Gasteiger partial charge in [-0.05, 0) is 49.0 Å². The highest BCUT2D eigenvalue weighted by molar-refractivity contribution is 8.42. The normalized spacial score (nSPS) is 17.2. The Bertz CT molecular complexity index is 1370. The highest BCUT2D eigenvalue weighted by Crippen LogP contribution is 2.31. The Hall–Kier alpha value is -3.51. The lowest BCUT2D eigenvalue weighted by Gasteiger charge is -2.19. The standard InChI is InChI=1S/C21H18N4O6S2/c1-3-30-19(27)13-7-5-6-12(10-13)16-9-8-14(31-16)11-15-17(22)25-20(23-18(15)26)32-21(24-25)33(28,29)4-2/h5-11,22H,3-4H2,1-2H3/b15-11+,22-17?. The largest absolute Gasteiger partial charge is 0.462 e. The maximum Gasteiger partial charge on any atom is 0.338 e. The summed E-state index contributed by atoms with van der Waals surface area (Å²) in [4.78, 5) is 28.3. The summed E-state index contributed by atoms with van der Waals surface area (Å²) in [5, 5.41) is 13.3. The van der Waals surface area contributed by atoms with Crippen molar-refractivity contribution in [2.24, 2.45) is 10.1 Å². The first-order valence-electron chi connectivity index (χ1n) is 9.84. The molecule has 2 aromatic rings. The van der Waals surface area contributed by atoms with Crippen LogP contribution in [0, 0.1) is 5.41 Å². The molecule has 1 aromatic heterocycles. The molecule has 0 saturated carbocycles. The number of aliphatic imine (C=N–C) groups is 1. The minimum absolute atomic E-state index is 0.0186. The number of hydrogen-bond acceptors (Lipinski definition) is 9. The van der Waals surface area contributed by atoms with E-state index in [1.807, 2.05) is 0 Å². The number of benzene rings is 1. The van der Waals surface area contributed by atoms with E-state index in [0.29, 0.717) is 16.9 Å². The Morgan fingerprint density at radius 2 is 2.06 bits per heavy atom. The molecule has 1 aromatic carbocycles. The molecular weight excluding hydrogens is 468 g/mol. The number of fused-ring (bicyclic) bond motifs is 1. The monoisotopic (exact) mass is 486 g/mol. The Balaban J connectivity index is 1.62. The highest BCUT2D eigenvalue weighted by Gasteiger charge is 2.39. The number of nitrogens with one attached hydrogen (secondary N) is 1. The first-order chi connectivity index (χ1) is 15.7. The zero-order valence-corrected chi connectivity index (χ0v) is 19.2. The Morgan fingerprint density at radius 3 is 2.79 bits per heavy atom. The summed E-state index contributed by atoms with van der Waals surface area (Å²) in [5.41, 5.74) is 0.906. The second-order valence-corrected chi connectivity index (χ2v) is 10.2. The van der Waals surface area contributed by atoms with E-state index in [2.05, 4.69) is 10.1 Å². The van der Waals surface area contributed by atoms with Gasteiger partial charge >= 0.3 is 5.97 Å². The number of hydrogen-bond donors (Lipinski definition) is 1. The molecule has 2 aliphatic rings. The van der Waals surface area contributed by atoms with Crippen LogP contribution in [0.1, 0.15) is 30.0 Å². The van der Waals surface area contributed by atoms with E-state index in [4.69, 9.17) is 14.6 Å². The molecular formula is C21H18N4O6S2. The van der Waals surface area contributed by atoms with Gasteiger partial charge in [-0.15, -0.1) is 5.10 Å². The number of ether oxygens (including phenoxy) is 1. The lowest BCUT2D eigenvalue weighted by Crippen LogP contribution is -2.35. The molecule has 1 N–H and O–H groups in total. The Labute approximate surface area is 193 Å². The lowest BCUT2D eigenvalue weighted by molar-refractivity contribution is -0.114. The number of furan rings is 1. The number of nitrogens with zero attached hydrogens (tertiary/aromatic N) is 3. The molecule has 0 atom stereocenters. The van der Waals surface area contributed by atoms with Crippen molar-refractivity contribution in [3.63, 3.8) is 0 Å². The predicted molar refractivity (Wildman–Crippen MR) is 125 cm³/mol. The average Bonchev–Trinajstić information content (AvgIpc) is 3.45. The maximum absolute atomic E-state index is 12.5. The van der Waals surface area contributed by atoms with Crippen LogP contribution in [0.5, 0.6) is 0 Å². The van der Waals surface area contributed by atoms with Gasteiger partial charge in [-0.2, -0.15) is 10.0 Å². The molecule has 0 spiro atoms. The number of thioether (sulfide) groups is 1. The first-order valence-corrected chi connectivity index (χ1v) is 12.3. The van der Waals surface area contributed by atoms with E-state index in [1.165, 1.54) is 13.0 Å². The van der Waals surface area contributed by atoms with Crippen molar-refractivity contribution in [1.29, 1.82) is 5.41 Å². The smallest absolute Gasteiger partial charge is 0.338 e. The van der Waals surface area contributed by atoms with Gasteiger partial charge < -0.3 is 9.15 Å². The molecule has 0 radical (unpaired) electrons. The molecule has 0 saturated heterocycles. The van der Waals surface area contributed by atoms with Crippen molar-refractivity contribution in [3.8, 4) is 11.3 Å². The molecule has 12 heteroatoms. The van der Waals surface area contributed by atoms with Gasteiger partial charge in [0.25, 0.3) is 5.91 Å². The van der Waals surface area contributed by atoms with Crippen molar-refractivity contribution in [2.45, 2.75) is 13.8 Å². The van der Waals surface area contributed by atoms with Gasteiger partial charge in [0.15, 0.2) is 5.84 Å². The average molecular weight is 487 g/mol. The number of amides is 1. The third-order valence-electron chi connectivity index (χ3n) is 4.65. The summed E-state index contributed by atoms with van der Waals surface area (Å²) in [5.74, 6) is -0.895. The second kappa shape index (κ2) is 8.79. The molecule has 170 valence electrons. The second-order valence-electron chi connectivity index (χ2n) is 6.79. The van der Waals surface area contributed by atoms with E-state index >= 15 is 0 Å². The van der Waals surface area contributed by atoms with Crippen LogP contribution in [-0.4, -0.2) is 53.0 Å². The molecule has 4 rings (SSSR count). The Morgan fingerprint density at radius 1 is 1.27 bits per heavy atom. The van der Waals surface area contributed by atoms with Crippen LogP contribution in [0.3, 0.4) is 0 Å². The van der Waals surface area contributed by atoms with E-state index in [9.17, 15) is 18.0 Å². The van der Waals surface area contributed by atoms with Gasteiger partial charge in [-0.1, -0.05) is 19.1 Å². The van der Waals surface area contributed by atoms with Gasteiger partial charge in [-0.25, -0.2) is 13.2 Å². The minimum Gasteiger partial charge on any atom is -0.462 e. The van der Waals surface area contributed by atoms with Crippen LogP contribution in [0.15, 0.2) is 56.5 Å². The minimum atomic E-state index is -3.60. The van der Waals surface area contributed by atoms with Crippen LogP contribution in [-0.2, 0) is 19.4 Å². The van der Waals surface area contributed by atoms with Gasteiger partial charge in [0.05, 0.1) is 23.5 Å². The molecule has 3 heterocycles. The number of sulfone groups is 1. The highest BCUT2D eigenvalue weighted by atomic mass is 32.3. The summed E-state index contributed by atoms with van der Waals surface area (Å²) in [6, 6.07) is 9.99. The van der Waals surface area contributed by atoms with E-state index in [-0.39, 0.29) is 39.1 Å². The summed E-state index contributed by atoms with van der Waals surface area (Å²) in [6.07, 6.45) is 1.34. The summed E-state index contributed by atoms with van der Waals surface area (Å²) < 4.78 is 34.8. The summed E-state index contributed by atoms with van der Waals surface area (Å²) in [6.45, 7) is 3.47. The number of hydrazone groups is 1. The molecule has 2 aliphatic heterocycles. The third kappa shape index (κ3) is 4.39. The zero-order valence-electron chi connectivity index (χ0n) is 17.6. The van der Waals surface area contributed by atoms with E-state index < -0.39 is 21.7 Å². The number of rotatable bonds is 5. The van der Waals surface area contributed by atoms with E-state index in [1.54, 1.807) is 43.3 Å². The third-order valence-corrected chi connectivity index (χ3v) is 7.74. The van der Waals surface area contributed by atoms with Crippen LogP contribution in [0.2, 0.25) is 0 Å². The molecule has 0 aliphatic carbocycles. The van der Waals surface area contributed by atoms with Gasteiger partial charge in [0.2, 0.25) is 19.4 Å². The van der Waals surface area contributed by atoms with Crippen LogP contribution in [0.4, 0.5) is 0 Å². The van der Waals surface area contributed by atoms with Crippen molar-refractivity contribution < 1.29 is 27.2 Å². The first kappa shape index (κ1) is 22.7. The Kier molecular flexibility index (Phi) is 6.04. The topological polar surface area (TPSA) is 142 Å². The number of esters is 1. The van der Waals surface area contributed by atoms with Crippen molar-refractivity contribution in [1.82, 2.24) is 5.01 Å². The van der Waals surface area contributed by atoms with Crippen LogP contribution < -0.4 is 0 Å². The number of carbonyl (C=O) groups excluding carboxylic acids is 2. The fraction of sp³-hybridized carbons (Fsp3) is 0.190. The fourth-order valence-electron chi connectivity index (χ4n) is 2.97. The van der Waals surface area contributed by atoms with Crippen LogP contribution in [0.25, 0.3) is 17.4 Å². The van der Waals surface area contributed by atoms with Crippen LogP contribution >= 0.6 is 11.8 Å². The van der Waals surface area contributed by atoms with Crippen molar-refractivity contribution in [3.05, 3.63) is 53.3 Å². The lowest BCUT2D eigenvalue weighted by atomic mass is 10.1. The SMILES string of the molecule is CCOC(=O)c1cccc(-c2ccc(/C=C3\C(=N)N4N=C(S(=O)(=O)CC)SC4=NC3=O)o2)c1. The molecule has 0 fully saturated rings. The molecule has 0 unspecified atom stereocenters. The van der Waals surface area contributed by atoms with Gasteiger partial charge in [0, 0.05) is 5.56 Å². The van der Waals surface area contributed by atoms with Crippen molar-refractivity contribution in [2.75, 3.05) is 12.4 Å². The molecule has 1 amide bonds. The van der Waals surface area contributed by atoms with Gasteiger partial charge in [0.1, 0.15) is 11.5 Å². The predicted octanol–water partition coefficient (Wildman–Crippen LogP) is 3.13. The van der Waals surface area contributed by atoms with Gasteiger partial charge in [-0.3, -0.25) is 10.2 Å². The van der Waals surface area contributed by atoms with E-state index in [0.717, 1.165) is 16.8 Å². The maximum atomic E-state index is 12.5. The summed E-state index contributed by atoms with van der Waals surface area (Å²) >= 11 is 0.738. The quantitative estimate of drug-likeness (QED) is 0.502. The molecule has 0 bridgehead atoms. The molecule has 10 nitrogen and oxygen atoms in total. The van der Waals surface area contributed by atoms with Crippen molar-refractivity contribution >= 4 is 54.9 Å².